The normalized spacial score (nSPS) is 19.2. The number of hydrogen-bond donors (Lipinski definition) is 2. The summed E-state index contributed by atoms with van der Waals surface area (Å²) in [6.45, 7) is 8.30. The minimum absolute atomic E-state index is 0.570. The standard InChI is InChI=1S/C14H25N5/c1-3-19(4-2)14-9-13(17-11-18-14)16-10-12-7-5-6-8-15-12/h9,11-12,15H,3-8,10H2,1-2H3,(H,16,17,18). The third-order valence-electron chi connectivity index (χ3n) is 3.68. The molecule has 1 saturated heterocycles. The molecular formula is C14H25N5. The third-order valence-corrected chi connectivity index (χ3v) is 3.68. The second-order valence-electron chi connectivity index (χ2n) is 4.96. The quantitative estimate of drug-likeness (QED) is 0.820. The van der Waals surface area contributed by atoms with Gasteiger partial charge in [-0.2, -0.15) is 0 Å². The molecule has 2 rings (SSSR count). The molecule has 2 N–H and O–H groups in total. The molecule has 0 amide bonds. The van der Waals surface area contributed by atoms with Gasteiger partial charge in [-0.05, 0) is 33.2 Å². The van der Waals surface area contributed by atoms with E-state index in [-0.39, 0.29) is 0 Å². The van der Waals surface area contributed by atoms with Crippen LogP contribution in [-0.4, -0.2) is 42.2 Å². The van der Waals surface area contributed by atoms with Gasteiger partial charge in [0.05, 0.1) is 0 Å². The summed E-state index contributed by atoms with van der Waals surface area (Å²) < 4.78 is 0. The summed E-state index contributed by atoms with van der Waals surface area (Å²) in [5.74, 6) is 1.92. The summed E-state index contributed by atoms with van der Waals surface area (Å²) in [6.07, 6.45) is 5.52. The molecule has 0 saturated carbocycles. The second kappa shape index (κ2) is 7.28. The molecule has 1 aliphatic heterocycles. The van der Waals surface area contributed by atoms with Gasteiger partial charge in [0.2, 0.25) is 0 Å². The van der Waals surface area contributed by atoms with E-state index in [1.807, 2.05) is 6.07 Å². The highest BCUT2D eigenvalue weighted by atomic mass is 15.2. The van der Waals surface area contributed by atoms with Crippen LogP contribution in [0, 0.1) is 0 Å². The van der Waals surface area contributed by atoms with E-state index in [1.165, 1.54) is 19.3 Å². The second-order valence-corrected chi connectivity index (χ2v) is 4.96. The van der Waals surface area contributed by atoms with Crippen molar-refractivity contribution in [3.63, 3.8) is 0 Å². The molecular weight excluding hydrogens is 238 g/mol. The van der Waals surface area contributed by atoms with Crippen molar-refractivity contribution in [3.05, 3.63) is 12.4 Å². The SMILES string of the molecule is CCN(CC)c1cc(NCC2CCCCN2)ncn1. The maximum Gasteiger partial charge on any atom is 0.134 e. The summed E-state index contributed by atoms with van der Waals surface area (Å²) in [7, 11) is 0. The molecule has 5 heteroatoms. The van der Waals surface area contributed by atoms with Crippen LogP contribution in [0.1, 0.15) is 33.1 Å². The average Bonchev–Trinajstić information content (AvgIpc) is 2.48. The van der Waals surface area contributed by atoms with Crippen LogP contribution < -0.4 is 15.5 Å². The van der Waals surface area contributed by atoms with E-state index in [0.29, 0.717) is 6.04 Å². The Hall–Kier alpha value is -1.36. The van der Waals surface area contributed by atoms with Crippen LogP contribution in [0.2, 0.25) is 0 Å². The van der Waals surface area contributed by atoms with Crippen molar-refractivity contribution >= 4 is 11.6 Å². The Morgan fingerprint density at radius 3 is 2.84 bits per heavy atom. The fourth-order valence-electron chi connectivity index (χ4n) is 2.49. The first-order valence-corrected chi connectivity index (χ1v) is 7.37. The van der Waals surface area contributed by atoms with E-state index in [1.54, 1.807) is 6.33 Å². The zero-order valence-electron chi connectivity index (χ0n) is 12.0. The number of piperidine rings is 1. The predicted octanol–water partition coefficient (Wildman–Crippen LogP) is 1.88. The van der Waals surface area contributed by atoms with Crippen LogP contribution in [0.15, 0.2) is 12.4 Å². The minimum atomic E-state index is 0.570. The molecule has 1 atom stereocenters. The lowest BCUT2D eigenvalue weighted by Crippen LogP contribution is -2.39. The minimum Gasteiger partial charge on any atom is -0.368 e. The Balaban J connectivity index is 1.90. The van der Waals surface area contributed by atoms with E-state index in [2.05, 4.69) is 39.3 Å². The summed E-state index contributed by atoms with van der Waals surface area (Å²) >= 11 is 0. The van der Waals surface area contributed by atoms with Crippen LogP contribution in [0.4, 0.5) is 11.6 Å². The van der Waals surface area contributed by atoms with Gasteiger partial charge >= 0.3 is 0 Å². The molecule has 0 spiro atoms. The maximum atomic E-state index is 4.34. The Morgan fingerprint density at radius 1 is 1.32 bits per heavy atom. The molecule has 1 aromatic rings. The van der Waals surface area contributed by atoms with Crippen LogP contribution in [0.3, 0.4) is 0 Å². The smallest absolute Gasteiger partial charge is 0.134 e. The largest absolute Gasteiger partial charge is 0.368 e. The monoisotopic (exact) mass is 263 g/mol. The van der Waals surface area contributed by atoms with Crippen LogP contribution in [0.5, 0.6) is 0 Å². The summed E-state index contributed by atoms with van der Waals surface area (Å²) in [4.78, 5) is 10.9. The lowest BCUT2D eigenvalue weighted by Gasteiger charge is -2.24. The summed E-state index contributed by atoms with van der Waals surface area (Å²) in [5, 5.41) is 6.95. The highest BCUT2D eigenvalue weighted by molar-refractivity contribution is 5.48. The Labute approximate surface area is 115 Å². The number of nitrogens with zero attached hydrogens (tertiary/aromatic N) is 3. The van der Waals surface area contributed by atoms with Crippen LogP contribution in [-0.2, 0) is 0 Å². The maximum absolute atomic E-state index is 4.34. The molecule has 5 nitrogen and oxygen atoms in total. The molecule has 0 aromatic carbocycles. The van der Waals surface area contributed by atoms with Gasteiger partial charge in [-0.1, -0.05) is 6.42 Å². The first-order valence-electron chi connectivity index (χ1n) is 7.37. The van der Waals surface area contributed by atoms with E-state index < -0.39 is 0 Å². The molecule has 1 unspecified atom stereocenters. The molecule has 0 radical (unpaired) electrons. The van der Waals surface area contributed by atoms with Gasteiger partial charge in [-0.15, -0.1) is 0 Å². The molecule has 1 aliphatic rings. The van der Waals surface area contributed by atoms with E-state index in [4.69, 9.17) is 0 Å². The highest BCUT2D eigenvalue weighted by Crippen LogP contribution is 2.14. The number of hydrogen-bond acceptors (Lipinski definition) is 5. The van der Waals surface area contributed by atoms with E-state index >= 15 is 0 Å². The summed E-state index contributed by atoms with van der Waals surface area (Å²) in [6, 6.07) is 2.61. The zero-order chi connectivity index (χ0) is 13.5. The fraction of sp³-hybridized carbons (Fsp3) is 0.714. The van der Waals surface area contributed by atoms with Gasteiger partial charge in [0.25, 0.3) is 0 Å². The number of anilines is 2. The topological polar surface area (TPSA) is 53.1 Å². The Morgan fingerprint density at radius 2 is 2.16 bits per heavy atom. The third kappa shape index (κ3) is 4.06. The molecule has 1 fully saturated rings. The molecule has 1 aromatic heterocycles. The average molecular weight is 263 g/mol. The number of aromatic nitrogens is 2. The van der Waals surface area contributed by atoms with E-state index in [9.17, 15) is 0 Å². The summed E-state index contributed by atoms with van der Waals surface area (Å²) in [5.41, 5.74) is 0. The molecule has 0 bridgehead atoms. The van der Waals surface area contributed by atoms with Crippen molar-refractivity contribution in [2.24, 2.45) is 0 Å². The molecule has 106 valence electrons. The van der Waals surface area contributed by atoms with Gasteiger partial charge in [0.1, 0.15) is 18.0 Å². The van der Waals surface area contributed by atoms with Crippen molar-refractivity contribution in [3.8, 4) is 0 Å². The van der Waals surface area contributed by atoms with Crippen molar-refractivity contribution < 1.29 is 0 Å². The van der Waals surface area contributed by atoms with Gasteiger partial charge in [0.15, 0.2) is 0 Å². The highest BCUT2D eigenvalue weighted by Gasteiger charge is 2.12. The van der Waals surface area contributed by atoms with Gasteiger partial charge in [-0.3, -0.25) is 0 Å². The lowest BCUT2D eigenvalue weighted by atomic mass is 10.1. The first-order chi connectivity index (χ1) is 9.33. The zero-order valence-corrected chi connectivity index (χ0v) is 12.0. The van der Waals surface area contributed by atoms with Crippen molar-refractivity contribution in [2.45, 2.75) is 39.2 Å². The van der Waals surface area contributed by atoms with Gasteiger partial charge < -0.3 is 15.5 Å². The van der Waals surface area contributed by atoms with Gasteiger partial charge in [0, 0.05) is 31.7 Å². The predicted molar refractivity (Wildman–Crippen MR) is 79.7 cm³/mol. The fourth-order valence-corrected chi connectivity index (χ4v) is 2.49. The van der Waals surface area contributed by atoms with E-state index in [0.717, 1.165) is 37.8 Å². The first kappa shape index (κ1) is 14.1. The van der Waals surface area contributed by atoms with Crippen LogP contribution in [0.25, 0.3) is 0 Å². The molecule has 19 heavy (non-hydrogen) atoms. The van der Waals surface area contributed by atoms with Crippen molar-refractivity contribution in [1.29, 1.82) is 0 Å². The van der Waals surface area contributed by atoms with Crippen molar-refractivity contribution in [2.75, 3.05) is 36.4 Å². The van der Waals surface area contributed by atoms with Crippen LogP contribution >= 0.6 is 0 Å². The molecule has 2 heterocycles. The van der Waals surface area contributed by atoms with Crippen molar-refractivity contribution in [1.82, 2.24) is 15.3 Å². The molecule has 0 aliphatic carbocycles. The van der Waals surface area contributed by atoms with Gasteiger partial charge in [-0.25, -0.2) is 9.97 Å². The Kier molecular flexibility index (Phi) is 5.39. The number of nitrogens with one attached hydrogen (secondary N) is 2. The lowest BCUT2D eigenvalue weighted by molar-refractivity contribution is 0.414. The number of rotatable bonds is 6. The Bertz CT molecular complexity index is 372.